The average Bonchev–Trinajstić information content (AvgIpc) is 0.839. The number of carbonyl (C=O) groups excluding carboxylic acids is 4. The molecule has 8 amide bonds. The maximum absolute atomic E-state index is 15.2. The molecule has 11 atom stereocenters. The van der Waals surface area contributed by atoms with Gasteiger partial charge in [-0.1, -0.05) is 178 Å². The van der Waals surface area contributed by atoms with Crippen molar-refractivity contribution in [2.24, 2.45) is 41.4 Å². The second kappa shape index (κ2) is 63.6. The maximum Gasteiger partial charge on any atom is 0.317 e. The van der Waals surface area contributed by atoms with Crippen molar-refractivity contribution in [1.82, 2.24) is 62.1 Å². The fourth-order valence-corrected chi connectivity index (χ4v) is 24.3. The summed E-state index contributed by atoms with van der Waals surface area (Å²) in [4.78, 5) is 60.6. The number of unbranched alkanes of at least 4 members (excludes halogenated alkanes) is 4. The lowest BCUT2D eigenvalue weighted by Gasteiger charge is -2.44. The monoisotopic (exact) mass is 2100 g/mol. The Hall–Kier alpha value is -6.84. The minimum Gasteiger partial charge on any atom is -0.457 e. The van der Waals surface area contributed by atoms with Gasteiger partial charge in [-0.25, -0.2) is 32.3 Å². The van der Waals surface area contributed by atoms with Crippen LogP contribution in [0.15, 0.2) is 97.1 Å². The van der Waals surface area contributed by atoms with Crippen LogP contribution in [-0.2, 0) is 41.4 Å². The number of benzene rings is 5. The van der Waals surface area contributed by atoms with Crippen molar-refractivity contribution in [3.63, 3.8) is 0 Å². The number of ether oxygens (including phenoxy) is 5. The van der Waals surface area contributed by atoms with E-state index in [9.17, 15) is 44.0 Å². The lowest BCUT2D eigenvalue weighted by Crippen LogP contribution is -2.57. The van der Waals surface area contributed by atoms with Crippen LogP contribution in [0.3, 0.4) is 0 Å². The van der Waals surface area contributed by atoms with Gasteiger partial charge in [-0.3, -0.25) is 0 Å². The third kappa shape index (κ3) is 38.2. The highest BCUT2D eigenvalue weighted by atomic mass is 35.5. The van der Waals surface area contributed by atoms with E-state index in [0.717, 1.165) is 151 Å². The molecule has 7 fully saturated rings. The number of aliphatic hydroxyl groups is 4. The Labute approximate surface area is 887 Å². The standard InChI is InChI=1S/C31H47N3O4.3C28H45ClFN3O3/c1-23-11-14-26(15-12-23)38-28-16-13-24(2)20-27(28)31(36,17-7-8-19-37-6)25-10-9-18-34(21-25)29(35)33-30(3,4)22-32-5;1-31-19-23(18-21-10-4-3-5-11-21)32-27(34)33-16-9-12-22(20-33)28(35,15-6-7-17-36-2)24-13-8-14-25(29)26(24)30;1-31-19-26(15-21-9-4-3-5-10-21)32-27(34)33-13-8-11-22(20-33)28(35,12-6-7-14-36-2)23-16-24(29)18-25(30)17-23;1-3-36-17-7-6-15-28(35,24-13-8-14-25(29)26(24)30)22-12-9-16-33(20-22)27(34)32-23(19-31-2)18-21-10-4-5-11-21/h11-16,20,25,32,36H,7-10,17-19,21-22H2,1-6H3,(H,33,35);8,13-14,21-23,31,35H,3-7,9-12,15-20H2,1-2H3,(H,32,34);16-18,21-22,26,31,35H,3-15,19-20H2,1-2H3,(H,32,34);8,13-14,21-23,31,35H,3-7,9-12,15-20H2,1-2H3,(H,32,34)/t25-,31+;22-,23+,28+;22-,26+,28+;22-,23+,28+/m1111/s1. The number of amides is 8. The minimum atomic E-state index is -1.41. The third-order valence-electron chi connectivity index (χ3n) is 31.5. The number of rotatable bonds is 49. The Morgan fingerprint density at radius 3 is 1.16 bits per heavy atom. The number of piperidine rings is 4. The molecule has 5 aromatic carbocycles. The summed E-state index contributed by atoms with van der Waals surface area (Å²) in [6.07, 6.45) is 34.9. The Morgan fingerprint density at radius 1 is 0.418 bits per heavy atom. The van der Waals surface area contributed by atoms with Crippen LogP contribution in [0.5, 0.6) is 11.5 Å². The number of hydrogen-bond acceptors (Lipinski definition) is 17. The van der Waals surface area contributed by atoms with E-state index in [0.29, 0.717) is 160 Å². The Balaban J connectivity index is 0.000000217. The molecule has 7 aliphatic rings. The van der Waals surface area contributed by atoms with Gasteiger partial charge in [-0.15, -0.1) is 0 Å². The van der Waals surface area contributed by atoms with Gasteiger partial charge < -0.3 is 106 Å². The van der Waals surface area contributed by atoms with E-state index >= 15 is 8.78 Å². The topological polar surface area (TPSA) is 305 Å². The number of hydrogen-bond donors (Lipinski definition) is 12. The molecular formula is C115H182Cl3F3N12O13. The van der Waals surface area contributed by atoms with E-state index in [-0.39, 0.29) is 97.7 Å². The van der Waals surface area contributed by atoms with E-state index < -0.39 is 39.9 Å². The van der Waals surface area contributed by atoms with Crippen molar-refractivity contribution >= 4 is 58.9 Å². The van der Waals surface area contributed by atoms with Crippen molar-refractivity contribution in [1.29, 1.82) is 0 Å². The molecule has 0 radical (unpaired) electrons. The van der Waals surface area contributed by atoms with Crippen LogP contribution in [0, 0.1) is 72.7 Å². The quantitative estimate of drug-likeness (QED) is 0.0161. The first kappa shape index (κ1) is 123. The van der Waals surface area contributed by atoms with Gasteiger partial charge in [-0.2, -0.15) is 0 Å². The molecule has 25 nitrogen and oxygen atoms in total. The number of methoxy groups -OCH3 is 3. The van der Waals surface area contributed by atoms with Crippen molar-refractivity contribution in [2.45, 2.75) is 318 Å². The largest absolute Gasteiger partial charge is 0.457 e. The van der Waals surface area contributed by atoms with Crippen LogP contribution in [0.1, 0.15) is 292 Å². The molecule has 4 aliphatic heterocycles. The van der Waals surface area contributed by atoms with E-state index in [2.05, 4.69) is 48.6 Å². The minimum absolute atomic E-state index is 0.00541. The van der Waals surface area contributed by atoms with E-state index in [1.165, 1.54) is 114 Å². The second-order valence-electron chi connectivity index (χ2n) is 43.4. The van der Waals surface area contributed by atoms with Gasteiger partial charge in [-0.05, 0) is 288 Å². The molecule has 822 valence electrons. The summed E-state index contributed by atoms with van der Waals surface area (Å²) in [7, 11) is 12.6. The van der Waals surface area contributed by atoms with Crippen LogP contribution >= 0.6 is 34.8 Å². The van der Waals surface area contributed by atoms with Gasteiger partial charge >= 0.3 is 24.1 Å². The van der Waals surface area contributed by atoms with Crippen LogP contribution in [0.2, 0.25) is 15.1 Å². The zero-order valence-electron chi connectivity index (χ0n) is 90.2. The highest BCUT2D eigenvalue weighted by Crippen LogP contribution is 2.49. The van der Waals surface area contributed by atoms with Gasteiger partial charge in [0.2, 0.25) is 0 Å². The predicted octanol–water partition coefficient (Wildman–Crippen LogP) is 21.9. The number of nitrogens with one attached hydrogen (secondary N) is 8. The third-order valence-corrected chi connectivity index (χ3v) is 32.3. The molecule has 3 saturated carbocycles. The molecular weight excluding hydrogens is 1920 g/mol. The summed E-state index contributed by atoms with van der Waals surface area (Å²) in [6.45, 7) is 20.3. The highest BCUT2D eigenvalue weighted by Gasteiger charge is 2.49. The number of likely N-dealkylation sites (tertiary alicyclic amines) is 4. The first-order chi connectivity index (χ1) is 70.2. The number of halogens is 6. The molecule has 0 spiro atoms. The van der Waals surface area contributed by atoms with Crippen molar-refractivity contribution in [2.75, 3.05) is 161 Å². The van der Waals surface area contributed by atoms with Crippen LogP contribution in [0.4, 0.5) is 32.3 Å². The molecule has 0 bridgehead atoms. The summed E-state index contributed by atoms with van der Waals surface area (Å²) in [6, 6.07) is 27.8. The molecule has 0 aromatic heterocycles. The Kier molecular flexibility index (Phi) is 53.4. The normalized spacial score (nSPS) is 20.6. The van der Waals surface area contributed by atoms with Gasteiger partial charge in [0.25, 0.3) is 0 Å². The molecule has 146 heavy (non-hydrogen) atoms. The smallest absolute Gasteiger partial charge is 0.317 e. The summed E-state index contributed by atoms with van der Waals surface area (Å²) >= 11 is 18.4. The van der Waals surface area contributed by atoms with E-state index in [1.807, 2.05) is 109 Å². The lowest BCUT2D eigenvalue weighted by atomic mass is 9.73. The molecule has 4 heterocycles. The van der Waals surface area contributed by atoms with E-state index in [1.54, 1.807) is 61.5 Å². The average molecular weight is 2100 g/mol. The van der Waals surface area contributed by atoms with Crippen molar-refractivity contribution < 1.29 is 76.5 Å². The zero-order valence-corrected chi connectivity index (χ0v) is 92.5. The van der Waals surface area contributed by atoms with Crippen molar-refractivity contribution in [3.8, 4) is 11.5 Å². The first-order valence-electron chi connectivity index (χ1n) is 55.2. The maximum atomic E-state index is 15.2. The Bertz CT molecular complexity index is 4620. The summed E-state index contributed by atoms with van der Waals surface area (Å²) in [5, 5.41) is 74.6. The Morgan fingerprint density at radius 2 is 0.781 bits per heavy atom. The predicted molar refractivity (Wildman–Crippen MR) is 581 cm³/mol. The number of likely N-dealkylation sites (N-methyl/N-ethyl adjacent to an activating group) is 4. The van der Waals surface area contributed by atoms with Crippen LogP contribution in [-0.4, -0.2) is 249 Å². The van der Waals surface area contributed by atoms with Gasteiger partial charge in [0.05, 0.1) is 32.4 Å². The fourth-order valence-electron chi connectivity index (χ4n) is 23.7. The van der Waals surface area contributed by atoms with Crippen LogP contribution in [0.25, 0.3) is 0 Å². The molecule has 4 saturated heterocycles. The molecule has 12 N–H and O–H groups in total. The van der Waals surface area contributed by atoms with E-state index in [4.69, 9.17) is 58.5 Å². The fraction of sp³-hybridized carbons (Fsp3) is 0.704. The summed E-state index contributed by atoms with van der Waals surface area (Å²) < 4.78 is 72.0. The number of urea groups is 4. The van der Waals surface area contributed by atoms with Gasteiger partial charge in [0.15, 0.2) is 0 Å². The number of aryl methyl sites for hydroxylation is 2. The lowest BCUT2D eigenvalue weighted by molar-refractivity contribution is -0.0592. The van der Waals surface area contributed by atoms with Crippen molar-refractivity contribution in [3.05, 3.63) is 163 Å². The molecule has 3 aliphatic carbocycles. The first-order valence-corrected chi connectivity index (χ1v) is 56.3. The molecule has 31 heteroatoms. The molecule has 0 unspecified atom stereocenters. The summed E-state index contributed by atoms with van der Waals surface area (Å²) in [5.74, 6) is 0.887. The van der Waals surface area contributed by atoms with Gasteiger partial charge in [0.1, 0.15) is 29.0 Å². The molecule has 12 rings (SSSR count). The highest BCUT2D eigenvalue weighted by molar-refractivity contribution is 6.31. The summed E-state index contributed by atoms with van der Waals surface area (Å²) in [5.41, 5.74) is -1.66. The number of carbonyl (C=O) groups is 4. The van der Waals surface area contributed by atoms with Crippen LogP contribution < -0.4 is 47.3 Å². The SMILES string of the molecule is CCOCCCC[C@@](O)(c1cccc(Cl)c1F)[C@@H]1CCCN(C(=O)N[C@H](CNC)CC2CCCC2)C1.CNCC(C)(C)NC(=O)N1CCC[C@@H]([C@@](O)(CCCCOC)c2cc(C)ccc2Oc2ccc(C)cc2)C1.CNC[C@H](CC1CCCCC1)NC(=O)N1CCC[C@@H]([C@@](O)(CCCCOC)c2cc(F)cc(Cl)c2)C1.CNC[C@H](CC1CCCCC1)NC(=O)N1CCC[C@@H]([C@@](O)(CCCCOC)c2cccc(Cl)c2F)C1. The second-order valence-corrected chi connectivity index (χ2v) is 44.7. The molecule has 5 aromatic rings. The zero-order chi connectivity index (χ0) is 106. The van der Waals surface area contributed by atoms with Gasteiger partial charge in [0, 0.05) is 202 Å². The number of nitrogens with zero attached hydrogens (tertiary/aromatic N) is 4.